The second-order valence-electron chi connectivity index (χ2n) is 5.57. The van der Waals surface area contributed by atoms with Crippen LogP contribution in [0.1, 0.15) is 33.1 Å². The second kappa shape index (κ2) is 3.48. The lowest BCUT2D eigenvalue weighted by molar-refractivity contribution is -0.0422. The topological polar surface area (TPSA) is 9.23 Å². The first-order valence-corrected chi connectivity index (χ1v) is 6.27. The minimum atomic E-state index is 0.420. The van der Waals surface area contributed by atoms with Gasteiger partial charge in [-0.15, -0.1) is 0 Å². The van der Waals surface area contributed by atoms with Crippen molar-refractivity contribution >= 4 is 0 Å². The summed E-state index contributed by atoms with van der Waals surface area (Å²) in [7, 11) is 0. The summed E-state index contributed by atoms with van der Waals surface area (Å²) < 4.78 is 6.09. The highest BCUT2D eigenvalue weighted by Crippen LogP contribution is 2.43. The van der Waals surface area contributed by atoms with E-state index in [1.165, 1.54) is 19.3 Å². The molecule has 0 spiro atoms. The van der Waals surface area contributed by atoms with E-state index in [0.29, 0.717) is 18.1 Å². The Bertz CT molecular complexity index is 305. The Labute approximate surface area is 92.2 Å². The Morgan fingerprint density at radius 2 is 2.00 bits per heavy atom. The molecule has 1 aliphatic heterocycles. The van der Waals surface area contributed by atoms with Gasteiger partial charge in [0.05, 0.1) is 12.2 Å². The maximum atomic E-state index is 6.09. The maximum Gasteiger partial charge on any atom is 0.0797 e. The maximum absolute atomic E-state index is 6.09. The van der Waals surface area contributed by atoms with Crippen molar-refractivity contribution in [1.82, 2.24) is 0 Å². The van der Waals surface area contributed by atoms with Gasteiger partial charge in [0.2, 0.25) is 0 Å². The van der Waals surface area contributed by atoms with Crippen LogP contribution in [-0.2, 0) is 4.74 Å². The van der Waals surface area contributed by atoms with E-state index in [1.807, 2.05) is 0 Å². The van der Waals surface area contributed by atoms with E-state index in [4.69, 9.17) is 4.74 Å². The van der Waals surface area contributed by atoms with Gasteiger partial charge in [0.1, 0.15) is 0 Å². The van der Waals surface area contributed by atoms with Gasteiger partial charge in [-0.2, -0.15) is 0 Å². The molecule has 0 N–H and O–H groups in total. The minimum Gasteiger partial charge on any atom is -0.371 e. The molecule has 5 atom stereocenters. The molecule has 15 heavy (non-hydrogen) atoms. The van der Waals surface area contributed by atoms with E-state index in [2.05, 4.69) is 32.1 Å². The highest BCUT2D eigenvalue weighted by atomic mass is 16.5. The number of hydrogen-bond donors (Lipinski definition) is 0. The molecule has 0 aromatic carbocycles. The zero-order valence-electron chi connectivity index (χ0n) is 9.65. The third kappa shape index (κ3) is 1.67. The van der Waals surface area contributed by atoms with Crippen molar-refractivity contribution in [2.75, 3.05) is 0 Å². The lowest BCUT2D eigenvalue weighted by atomic mass is 9.87. The van der Waals surface area contributed by atoms with Crippen molar-refractivity contribution in [2.45, 2.75) is 45.3 Å². The average Bonchev–Trinajstić information content (AvgIpc) is 2.76. The van der Waals surface area contributed by atoms with Gasteiger partial charge in [0, 0.05) is 5.92 Å². The largest absolute Gasteiger partial charge is 0.371 e. The van der Waals surface area contributed by atoms with Crippen LogP contribution in [0.25, 0.3) is 0 Å². The Balaban J connectivity index is 1.75. The highest BCUT2D eigenvalue weighted by molar-refractivity contribution is 5.32. The van der Waals surface area contributed by atoms with Crippen molar-refractivity contribution < 1.29 is 4.74 Å². The molecule has 3 aliphatic rings. The molecule has 2 aliphatic carbocycles. The summed E-state index contributed by atoms with van der Waals surface area (Å²) in [5.74, 6) is 2.25. The molecule has 0 aromatic heterocycles. The van der Waals surface area contributed by atoms with E-state index in [9.17, 15) is 0 Å². The zero-order chi connectivity index (χ0) is 10.4. The Kier molecular flexibility index (Phi) is 2.24. The SMILES string of the molecule is CC1CC(C)OC(C2=CC3C=CC2C3)C1. The molecule has 5 unspecified atom stereocenters. The van der Waals surface area contributed by atoms with Crippen molar-refractivity contribution in [1.29, 1.82) is 0 Å². The van der Waals surface area contributed by atoms with Crippen molar-refractivity contribution in [3.63, 3.8) is 0 Å². The molecule has 0 saturated carbocycles. The van der Waals surface area contributed by atoms with Crippen LogP contribution in [0.5, 0.6) is 0 Å². The van der Waals surface area contributed by atoms with E-state index in [0.717, 1.165) is 11.8 Å². The molecule has 3 rings (SSSR count). The second-order valence-corrected chi connectivity index (χ2v) is 5.57. The molecule has 1 heterocycles. The molecule has 0 radical (unpaired) electrons. The summed E-state index contributed by atoms with van der Waals surface area (Å²) >= 11 is 0. The van der Waals surface area contributed by atoms with E-state index in [-0.39, 0.29) is 0 Å². The molecular formula is C14H20O. The van der Waals surface area contributed by atoms with Gasteiger partial charge in [-0.05, 0) is 43.6 Å². The molecule has 1 heteroatoms. The van der Waals surface area contributed by atoms with Gasteiger partial charge in [0.25, 0.3) is 0 Å². The normalized spacial score (nSPS) is 48.4. The molecule has 82 valence electrons. The first kappa shape index (κ1) is 9.65. The molecule has 2 bridgehead atoms. The Morgan fingerprint density at radius 3 is 2.60 bits per heavy atom. The summed E-state index contributed by atoms with van der Waals surface area (Å²) in [5, 5.41) is 0. The number of rotatable bonds is 1. The lowest BCUT2D eigenvalue weighted by Crippen LogP contribution is -2.32. The highest BCUT2D eigenvalue weighted by Gasteiger charge is 2.36. The van der Waals surface area contributed by atoms with Gasteiger partial charge in [-0.3, -0.25) is 0 Å². The van der Waals surface area contributed by atoms with E-state index < -0.39 is 0 Å². The number of allylic oxidation sites excluding steroid dienone is 3. The Morgan fingerprint density at radius 1 is 1.13 bits per heavy atom. The fourth-order valence-electron chi connectivity index (χ4n) is 3.45. The zero-order valence-corrected chi connectivity index (χ0v) is 9.65. The Hall–Kier alpha value is -0.560. The molecule has 0 aromatic rings. The van der Waals surface area contributed by atoms with Crippen LogP contribution < -0.4 is 0 Å². The van der Waals surface area contributed by atoms with Crippen molar-refractivity contribution in [3.05, 3.63) is 23.8 Å². The standard InChI is InChI=1S/C14H20O/c1-9-5-10(2)15-14(6-9)13-8-11-3-4-12(13)7-11/h3-4,8-12,14H,5-7H2,1-2H3. The van der Waals surface area contributed by atoms with Gasteiger partial charge in [-0.25, -0.2) is 0 Å². The van der Waals surface area contributed by atoms with Crippen LogP contribution >= 0.6 is 0 Å². The number of fused-ring (bicyclic) bond motifs is 2. The summed E-state index contributed by atoms with van der Waals surface area (Å²) in [4.78, 5) is 0. The minimum absolute atomic E-state index is 0.420. The van der Waals surface area contributed by atoms with Gasteiger partial charge in [-0.1, -0.05) is 25.2 Å². The summed E-state index contributed by atoms with van der Waals surface area (Å²) in [5.41, 5.74) is 1.58. The van der Waals surface area contributed by atoms with Crippen LogP contribution in [0, 0.1) is 17.8 Å². The van der Waals surface area contributed by atoms with Crippen LogP contribution in [-0.4, -0.2) is 12.2 Å². The third-order valence-corrected chi connectivity index (χ3v) is 4.07. The number of hydrogen-bond acceptors (Lipinski definition) is 1. The predicted octanol–water partition coefficient (Wildman–Crippen LogP) is 3.32. The third-order valence-electron chi connectivity index (χ3n) is 4.07. The molecule has 1 saturated heterocycles. The monoisotopic (exact) mass is 204 g/mol. The van der Waals surface area contributed by atoms with Crippen LogP contribution in [0.2, 0.25) is 0 Å². The fourth-order valence-corrected chi connectivity index (χ4v) is 3.45. The van der Waals surface area contributed by atoms with Gasteiger partial charge >= 0.3 is 0 Å². The molecular weight excluding hydrogens is 184 g/mol. The van der Waals surface area contributed by atoms with E-state index >= 15 is 0 Å². The molecule has 0 amide bonds. The summed E-state index contributed by atoms with van der Waals surface area (Å²) in [6.07, 6.45) is 11.8. The first-order chi connectivity index (χ1) is 7.22. The first-order valence-electron chi connectivity index (χ1n) is 6.27. The smallest absolute Gasteiger partial charge is 0.0797 e. The van der Waals surface area contributed by atoms with Crippen molar-refractivity contribution in [2.24, 2.45) is 17.8 Å². The van der Waals surface area contributed by atoms with Crippen molar-refractivity contribution in [3.8, 4) is 0 Å². The predicted molar refractivity (Wildman–Crippen MR) is 61.6 cm³/mol. The fraction of sp³-hybridized carbons (Fsp3) is 0.714. The van der Waals surface area contributed by atoms with Crippen LogP contribution in [0.3, 0.4) is 0 Å². The molecule has 1 fully saturated rings. The average molecular weight is 204 g/mol. The number of ether oxygens (including phenoxy) is 1. The summed E-state index contributed by atoms with van der Waals surface area (Å²) in [6, 6.07) is 0. The van der Waals surface area contributed by atoms with Crippen LogP contribution in [0.15, 0.2) is 23.8 Å². The van der Waals surface area contributed by atoms with Gasteiger partial charge in [0.15, 0.2) is 0 Å². The van der Waals surface area contributed by atoms with Crippen LogP contribution in [0.4, 0.5) is 0 Å². The quantitative estimate of drug-likeness (QED) is 0.595. The molecule has 1 nitrogen and oxygen atoms in total. The van der Waals surface area contributed by atoms with Gasteiger partial charge < -0.3 is 4.74 Å². The van der Waals surface area contributed by atoms with E-state index in [1.54, 1.807) is 5.57 Å². The summed E-state index contributed by atoms with van der Waals surface area (Å²) in [6.45, 7) is 4.57. The lowest BCUT2D eigenvalue weighted by Gasteiger charge is -2.34.